The van der Waals surface area contributed by atoms with Gasteiger partial charge in [-0.25, -0.2) is 4.68 Å². The van der Waals surface area contributed by atoms with E-state index in [0.29, 0.717) is 11.3 Å². The zero-order valence-electron chi connectivity index (χ0n) is 9.24. The monoisotopic (exact) mass is 228 g/mol. The molecule has 0 radical (unpaired) electrons. The van der Waals surface area contributed by atoms with Crippen molar-refractivity contribution in [1.82, 2.24) is 9.78 Å². The molecule has 0 atom stereocenters. The van der Waals surface area contributed by atoms with E-state index >= 15 is 0 Å². The van der Waals surface area contributed by atoms with Crippen molar-refractivity contribution in [3.63, 3.8) is 0 Å². The second-order valence-corrected chi connectivity index (χ2v) is 4.72. The molecule has 0 aromatic carbocycles. The van der Waals surface area contributed by atoms with E-state index in [-0.39, 0.29) is 6.04 Å². The minimum Gasteiger partial charge on any atom is -0.486 e. The van der Waals surface area contributed by atoms with E-state index in [0.717, 1.165) is 18.6 Å². The van der Waals surface area contributed by atoms with Crippen LogP contribution >= 0.6 is 11.6 Å². The Balaban J connectivity index is 2.08. The van der Waals surface area contributed by atoms with Gasteiger partial charge in [-0.1, -0.05) is 11.6 Å². The largest absolute Gasteiger partial charge is 0.486 e. The molecule has 4 heteroatoms. The topological polar surface area (TPSA) is 27.1 Å². The lowest BCUT2D eigenvalue weighted by molar-refractivity contribution is 0.210. The SMILES string of the molecule is CC(C)n1ncc(OC2CCCC2)c1Cl. The van der Waals surface area contributed by atoms with Crippen LogP contribution < -0.4 is 4.74 Å². The van der Waals surface area contributed by atoms with Crippen molar-refractivity contribution in [3.8, 4) is 5.75 Å². The minimum absolute atomic E-state index is 0.276. The third-order valence-corrected chi connectivity index (χ3v) is 3.15. The number of halogens is 1. The summed E-state index contributed by atoms with van der Waals surface area (Å²) < 4.78 is 7.61. The highest BCUT2D eigenvalue weighted by Crippen LogP contribution is 2.30. The summed E-state index contributed by atoms with van der Waals surface area (Å²) in [5.41, 5.74) is 0. The first-order valence-corrected chi connectivity index (χ1v) is 5.96. The Hall–Kier alpha value is -0.700. The standard InChI is InChI=1S/C11H17ClN2O/c1-8(2)14-11(12)10(7-13-14)15-9-5-3-4-6-9/h7-9H,3-6H2,1-2H3. The second-order valence-electron chi connectivity index (χ2n) is 4.36. The summed E-state index contributed by atoms with van der Waals surface area (Å²) in [7, 11) is 0. The van der Waals surface area contributed by atoms with Gasteiger partial charge >= 0.3 is 0 Å². The van der Waals surface area contributed by atoms with Crippen LogP contribution in [0, 0.1) is 0 Å². The van der Waals surface area contributed by atoms with Crippen molar-refractivity contribution in [2.75, 3.05) is 0 Å². The van der Waals surface area contributed by atoms with E-state index in [1.807, 2.05) is 0 Å². The van der Waals surface area contributed by atoms with Gasteiger partial charge in [-0.05, 0) is 39.5 Å². The number of aromatic nitrogens is 2. The van der Waals surface area contributed by atoms with Crippen LogP contribution in [0.3, 0.4) is 0 Å². The second kappa shape index (κ2) is 4.44. The predicted octanol–water partition coefficient (Wildman–Crippen LogP) is 3.44. The van der Waals surface area contributed by atoms with Crippen LogP contribution in [0.2, 0.25) is 5.15 Å². The van der Waals surface area contributed by atoms with Crippen LogP contribution in [0.25, 0.3) is 0 Å². The average molecular weight is 229 g/mol. The van der Waals surface area contributed by atoms with E-state index in [4.69, 9.17) is 16.3 Å². The van der Waals surface area contributed by atoms with E-state index in [9.17, 15) is 0 Å². The van der Waals surface area contributed by atoms with Gasteiger partial charge in [-0.15, -0.1) is 0 Å². The normalized spacial score (nSPS) is 17.6. The maximum absolute atomic E-state index is 6.17. The number of ether oxygens (including phenoxy) is 1. The molecule has 1 aromatic heterocycles. The van der Waals surface area contributed by atoms with Gasteiger partial charge in [0.25, 0.3) is 0 Å². The number of nitrogens with zero attached hydrogens (tertiary/aromatic N) is 2. The third-order valence-electron chi connectivity index (χ3n) is 2.79. The van der Waals surface area contributed by atoms with Gasteiger partial charge in [0.05, 0.1) is 12.3 Å². The number of hydrogen-bond donors (Lipinski definition) is 0. The molecule has 1 aliphatic rings. The quantitative estimate of drug-likeness (QED) is 0.793. The molecule has 1 aromatic rings. The molecule has 0 spiro atoms. The van der Waals surface area contributed by atoms with Crippen molar-refractivity contribution in [2.45, 2.75) is 51.7 Å². The fourth-order valence-corrected chi connectivity index (χ4v) is 2.29. The summed E-state index contributed by atoms with van der Waals surface area (Å²) in [5, 5.41) is 4.84. The molecule has 15 heavy (non-hydrogen) atoms. The molecule has 0 N–H and O–H groups in total. The predicted molar refractivity (Wildman–Crippen MR) is 60.5 cm³/mol. The Morgan fingerprint density at radius 3 is 2.67 bits per heavy atom. The van der Waals surface area contributed by atoms with Crippen molar-refractivity contribution in [2.24, 2.45) is 0 Å². The van der Waals surface area contributed by atoms with E-state index in [1.54, 1.807) is 10.9 Å². The van der Waals surface area contributed by atoms with E-state index in [1.165, 1.54) is 12.8 Å². The average Bonchev–Trinajstić information content (AvgIpc) is 2.78. The lowest BCUT2D eigenvalue weighted by atomic mass is 10.3. The van der Waals surface area contributed by atoms with Crippen molar-refractivity contribution >= 4 is 11.6 Å². The summed E-state index contributed by atoms with van der Waals surface area (Å²) in [6, 6.07) is 0.276. The summed E-state index contributed by atoms with van der Waals surface area (Å²) in [6.07, 6.45) is 6.88. The van der Waals surface area contributed by atoms with E-state index in [2.05, 4.69) is 18.9 Å². The Labute approximate surface area is 95.4 Å². The summed E-state index contributed by atoms with van der Waals surface area (Å²) in [4.78, 5) is 0. The number of rotatable bonds is 3. The molecule has 0 bridgehead atoms. The molecule has 0 aliphatic heterocycles. The highest BCUT2D eigenvalue weighted by molar-refractivity contribution is 6.31. The Bertz CT molecular complexity index is 329. The fraction of sp³-hybridized carbons (Fsp3) is 0.727. The van der Waals surface area contributed by atoms with Gasteiger partial charge in [0.15, 0.2) is 10.9 Å². The first-order chi connectivity index (χ1) is 7.18. The van der Waals surface area contributed by atoms with Crippen molar-refractivity contribution in [1.29, 1.82) is 0 Å². The van der Waals surface area contributed by atoms with Gasteiger partial charge in [-0.3, -0.25) is 0 Å². The zero-order valence-corrected chi connectivity index (χ0v) is 10.00. The van der Waals surface area contributed by atoms with Crippen molar-refractivity contribution in [3.05, 3.63) is 11.3 Å². The summed E-state index contributed by atoms with van der Waals surface area (Å²) in [5.74, 6) is 0.734. The lowest BCUT2D eigenvalue weighted by Crippen LogP contribution is -2.11. The van der Waals surface area contributed by atoms with Crippen LogP contribution in [-0.2, 0) is 0 Å². The molecule has 0 saturated heterocycles. The molecule has 3 nitrogen and oxygen atoms in total. The fourth-order valence-electron chi connectivity index (χ4n) is 1.96. The summed E-state index contributed by atoms with van der Waals surface area (Å²) in [6.45, 7) is 4.11. The first-order valence-electron chi connectivity index (χ1n) is 5.58. The Morgan fingerprint density at radius 1 is 1.47 bits per heavy atom. The highest BCUT2D eigenvalue weighted by atomic mass is 35.5. The Kier molecular flexibility index (Phi) is 3.19. The third kappa shape index (κ3) is 2.28. The molecule has 1 saturated carbocycles. The van der Waals surface area contributed by atoms with Crippen LogP contribution in [0.1, 0.15) is 45.6 Å². The van der Waals surface area contributed by atoms with Crippen LogP contribution in [0.4, 0.5) is 0 Å². The van der Waals surface area contributed by atoms with Gasteiger partial charge in [0.2, 0.25) is 0 Å². The number of hydrogen-bond acceptors (Lipinski definition) is 2. The molecule has 1 fully saturated rings. The van der Waals surface area contributed by atoms with Gasteiger partial charge in [0, 0.05) is 6.04 Å². The summed E-state index contributed by atoms with van der Waals surface area (Å²) >= 11 is 6.17. The van der Waals surface area contributed by atoms with Crippen LogP contribution in [-0.4, -0.2) is 15.9 Å². The van der Waals surface area contributed by atoms with Crippen molar-refractivity contribution < 1.29 is 4.74 Å². The maximum atomic E-state index is 6.17. The maximum Gasteiger partial charge on any atom is 0.176 e. The minimum atomic E-state index is 0.276. The first kappa shape index (κ1) is 10.8. The molecule has 0 amide bonds. The van der Waals surface area contributed by atoms with Gasteiger partial charge < -0.3 is 4.74 Å². The van der Waals surface area contributed by atoms with E-state index < -0.39 is 0 Å². The van der Waals surface area contributed by atoms with Crippen LogP contribution in [0.5, 0.6) is 5.75 Å². The smallest absolute Gasteiger partial charge is 0.176 e. The molecular formula is C11H17ClN2O. The molecule has 1 aliphatic carbocycles. The molecule has 0 unspecified atom stereocenters. The molecule has 2 rings (SSSR count). The molecule has 84 valence electrons. The Morgan fingerprint density at radius 2 is 2.13 bits per heavy atom. The van der Waals surface area contributed by atoms with Gasteiger partial charge in [0.1, 0.15) is 0 Å². The molecular weight excluding hydrogens is 212 g/mol. The zero-order chi connectivity index (χ0) is 10.8. The molecule has 1 heterocycles. The van der Waals surface area contributed by atoms with Crippen LogP contribution in [0.15, 0.2) is 6.20 Å². The highest BCUT2D eigenvalue weighted by Gasteiger charge is 2.20. The lowest BCUT2D eigenvalue weighted by Gasteiger charge is -2.12. The van der Waals surface area contributed by atoms with Gasteiger partial charge in [-0.2, -0.15) is 5.10 Å².